The summed E-state index contributed by atoms with van der Waals surface area (Å²) in [4.78, 5) is 12.1. The molecule has 24 heavy (non-hydrogen) atoms. The highest BCUT2D eigenvalue weighted by Gasteiger charge is 2.30. The van der Waals surface area contributed by atoms with E-state index in [1.54, 1.807) is 0 Å². The van der Waals surface area contributed by atoms with Gasteiger partial charge in [-0.25, -0.2) is 0 Å². The highest BCUT2D eigenvalue weighted by molar-refractivity contribution is 8.00. The summed E-state index contributed by atoms with van der Waals surface area (Å²) in [5, 5.41) is 0. The first kappa shape index (κ1) is 18.7. The number of alkyl halides is 6. The maximum atomic E-state index is 12.2. The number of benzene rings is 2. The second kappa shape index (κ2) is 7.10. The highest BCUT2D eigenvalue weighted by atomic mass is 32.2. The van der Waals surface area contributed by atoms with Crippen molar-refractivity contribution in [2.45, 2.75) is 20.8 Å². The van der Waals surface area contributed by atoms with Crippen LogP contribution in [0.2, 0.25) is 0 Å². The van der Waals surface area contributed by atoms with Crippen molar-refractivity contribution in [1.29, 1.82) is 0 Å². The van der Waals surface area contributed by atoms with Crippen LogP contribution in [0, 0.1) is 0 Å². The number of ketones is 1. The van der Waals surface area contributed by atoms with Crippen LogP contribution in [0.3, 0.4) is 0 Å². The number of halogens is 6. The van der Waals surface area contributed by atoms with Gasteiger partial charge >= 0.3 is 11.0 Å². The van der Waals surface area contributed by atoms with Crippen molar-refractivity contribution >= 4 is 29.3 Å². The number of hydrogen-bond donors (Lipinski definition) is 0. The van der Waals surface area contributed by atoms with Gasteiger partial charge in [-0.2, -0.15) is 26.3 Å². The summed E-state index contributed by atoms with van der Waals surface area (Å²) in [5.74, 6) is -0.484. The number of thioether (sulfide) groups is 2. The van der Waals surface area contributed by atoms with Gasteiger partial charge in [0.2, 0.25) is 0 Å². The smallest absolute Gasteiger partial charge is 0.289 e. The zero-order chi connectivity index (χ0) is 18.0. The van der Waals surface area contributed by atoms with Crippen LogP contribution in [0.5, 0.6) is 0 Å². The molecule has 0 aromatic heterocycles. The Morgan fingerprint density at radius 3 is 1.17 bits per heavy atom. The van der Waals surface area contributed by atoms with Crippen molar-refractivity contribution < 1.29 is 31.1 Å². The molecule has 0 radical (unpaired) electrons. The van der Waals surface area contributed by atoms with Crippen LogP contribution in [0.1, 0.15) is 15.9 Å². The predicted octanol–water partition coefficient (Wildman–Crippen LogP) is 6.14. The zero-order valence-corrected chi connectivity index (χ0v) is 13.2. The van der Waals surface area contributed by atoms with E-state index in [1.807, 2.05) is 0 Å². The molecular weight excluding hydrogens is 374 g/mol. The lowest BCUT2D eigenvalue weighted by Gasteiger charge is -2.07. The van der Waals surface area contributed by atoms with Crippen LogP contribution in [0.25, 0.3) is 0 Å². The highest BCUT2D eigenvalue weighted by Crippen LogP contribution is 2.38. The van der Waals surface area contributed by atoms with Crippen LogP contribution < -0.4 is 0 Å². The summed E-state index contributed by atoms with van der Waals surface area (Å²) >= 11 is -0.593. The second-order valence-electron chi connectivity index (χ2n) is 4.47. The lowest BCUT2D eigenvalue weighted by Crippen LogP contribution is -2.03. The molecule has 0 aliphatic rings. The van der Waals surface area contributed by atoms with Gasteiger partial charge in [-0.1, -0.05) is 0 Å². The molecule has 0 amide bonds. The lowest BCUT2D eigenvalue weighted by atomic mass is 10.0. The molecule has 9 heteroatoms. The van der Waals surface area contributed by atoms with Crippen LogP contribution in [-0.4, -0.2) is 16.8 Å². The summed E-state index contributed by atoms with van der Waals surface area (Å²) in [6, 6.07) is 9.64. The number of carbonyl (C=O) groups excluding carboxylic acids is 1. The molecule has 1 nitrogen and oxygen atoms in total. The minimum Gasteiger partial charge on any atom is -0.289 e. The lowest BCUT2D eigenvalue weighted by molar-refractivity contribution is -0.0337. The van der Waals surface area contributed by atoms with E-state index in [0.29, 0.717) is 0 Å². The normalized spacial score (nSPS) is 12.2. The van der Waals surface area contributed by atoms with Crippen molar-refractivity contribution in [1.82, 2.24) is 0 Å². The Morgan fingerprint density at radius 2 is 0.917 bits per heavy atom. The van der Waals surface area contributed by atoms with E-state index in [2.05, 4.69) is 0 Å². The van der Waals surface area contributed by atoms with Crippen LogP contribution >= 0.6 is 23.5 Å². The second-order valence-corrected chi connectivity index (χ2v) is 6.75. The molecule has 2 aromatic carbocycles. The van der Waals surface area contributed by atoms with Crippen molar-refractivity contribution in [2.24, 2.45) is 0 Å². The maximum absolute atomic E-state index is 12.2. The maximum Gasteiger partial charge on any atom is 0.446 e. The van der Waals surface area contributed by atoms with Crippen LogP contribution in [0.4, 0.5) is 26.3 Å². The standard InChI is InChI=1S/C15H8F6OS2/c16-14(17,18)23-11-5-1-9(2-6-11)13(22)10-3-7-12(8-4-10)24-15(19,20)21/h1-8H. The topological polar surface area (TPSA) is 17.1 Å². The fourth-order valence-corrected chi connectivity index (χ4v) is 2.86. The fourth-order valence-electron chi connectivity index (χ4n) is 1.78. The van der Waals surface area contributed by atoms with E-state index >= 15 is 0 Å². The number of rotatable bonds is 4. The van der Waals surface area contributed by atoms with Crippen molar-refractivity contribution in [3.8, 4) is 0 Å². The first-order valence-electron chi connectivity index (χ1n) is 6.30. The van der Waals surface area contributed by atoms with E-state index in [0.717, 1.165) is 0 Å². The van der Waals surface area contributed by atoms with Gasteiger partial charge in [0.1, 0.15) is 0 Å². The van der Waals surface area contributed by atoms with E-state index in [1.165, 1.54) is 48.5 Å². The molecule has 128 valence electrons. The van der Waals surface area contributed by atoms with E-state index < -0.39 is 16.8 Å². The average Bonchev–Trinajstić information content (AvgIpc) is 2.45. The van der Waals surface area contributed by atoms with E-state index in [-0.39, 0.29) is 44.4 Å². The van der Waals surface area contributed by atoms with Gasteiger partial charge < -0.3 is 0 Å². The van der Waals surface area contributed by atoms with Gasteiger partial charge in [0.25, 0.3) is 0 Å². The monoisotopic (exact) mass is 382 g/mol. The molecule has 0 spiro atoms. The average molecular weight is 382 g/mol. The minimum absolute atomic E-state index is 0.0593. The molecule has 0 atom stereocenters. The van der Waals surface area contributed by atoms with E-state index in [4.69, 9.17) is 0 Å². The summed E-state index contributed by atoms with van der Waals surface area (Å²) < 4.78 is 73.4. The summed E-state index contributed by atoms with van der Waals surface area (Å²) in [6.45, 7) is 0. The third-order valence-corrected chi connectivity index (χ3v) is 4.18. The summed E-state index contributed by atoms with van der Waals surface area (Å²) in [5.41, 5.74) is -8.54. The molecule has 2 rings (SSSR count). The fraction of sp³-hybridized carbons (Fsp3) is 0.133. The summed E-state index contributed by atoms with van der Waals surface area (Å²) in [6.07, 6.45) is 0. The largest absolute Gasteiger partial charge is 0.446 e. The Morgan fingerprint density at radius 1 is 0.625 bits per heavy atom. The molecule has 0 fully saturated rings. The van der Waals surface area contributed by atoms with Crippen LogP contribution in [-0.2, 0) is 0 Å². The van der Waals surface area contributed by atoms with Gasteiger partial charge in [-0.15, -0.1) is 0 Å². The first-order valence-corrected chi connectivity index (χ1v) is 7.93. The van der Waals surface area contributed by atoms with Crippen molar-refractivity contribution in [3.63, 3.8) is 0 Å². The molecule has 0 heterocycles. The Hall–Kier alpha value is -1.61. The third-order valence-electron chi connectivity index (χ3n) is 2.70. The van der Waals surface area contributed by atoms with E-state index in [9.17, 15) is 31.1 Å². The summed E-state index contributed by atoms with van der Waals surface area (Å²) in [7, 11) is 0. The van der Waals surface area contributed by atoms with Gasteiger partial charge in [-0.05, 0) is 72.1 Å². The molecular formula is C15H8F6OS2. The number of carbonyl (C=O) groups is 1. The third kappa shape index (κ3) is 5.79. The SMILES string of the molecule is O=C(c1ccc(SC(F)(F)F)cc1)c1ccc(SC(F)(F)F)cc1. The molecule has 0 saturated heterocycles. The van der Waals surface area contributed by atoms with Crippen molar-refractivity contribution in [3.05, 3.63) is 59.7 Å². The first-order chi connectivity index (χ1) is 11.0. The molecule has 0 N–H and O–H groups in total. The molecule has 0 bridgehead atoms. The Kier molecular flexibility index (Phi) is 5.54. The Labute approximate surface area is 141 Å². The molecule has 0 unspecified atom stereocenters. The van der Waals surface area contributed by atoms with Gasteiger partial charge in [-0.3, -0.25) is 4.79 Å². The Bertz CT molecular complexity index is 643. The van der Waals surface area contributed by atoms with Crippen molar-refractivity contribution in [2.75, 3.05) is 0 Å². The molecule has 0 saturated carbocycles. The molecule has 0 aliphatic heterocycles. The quantitative estimate of drug-likeness (QED) is 0.359. The Balaban J connectivity index is 2.11. The molecule has 2 aromatic rings. The number of hydrogen-bond acceptors (Lipinski definition) is 3. The van der Waals surface area contributed by atoms with Crippen LogP contribution in [0.15, 0.2) is 58.3 Å². The van der Waals surface area contributed by atoms with Gasteiger partial charge in [0.05, 0.1) is 0 Å². The minimum atomic E-state index is -4.42. The predicted molar refractivity (Wildman–Crippen MR) is 80.1 cm³/mol. The molecule has 0 aliphatic carbocycles. The van der Waals surface area contributed by atoms with Gasteiger partial charge in [0, 0.05) is 20.9 Å². The van der Waals surface area contributed by atoms with Gasteiger partial charge in [0.15, 0.2) is 5.78 Å². The zero-order valence-electron chi connectivity index (χ0n) is 11.6.